The van der Waals surface area contributed by atoms with Crippen molar-refractivity contribution in [3.63, 3.8) is 0 Å². The summed E-state index contributed by atoms with van der Waals surface area (Å²) in [6, 6.07) is 9.58. The van der Waals surface area contributed by atoms with Crippen LogP contribution in [0, 0.1) is 24.1 Å². The number of allylic oxidation sites excluding steroid dienone is 1. The molecule has 3 heterocycles. The molecule has 2 aromatic carbocycles. The maximum absolute atomic E-state index is 14.0. The Morgan fingerprint density at radius 2 is 1.90 bits per heavy atom. The van der Waals surface area contributed by atoms with E-state index < -0.39 is 11.6 Å². The van der Waals surface area contributed by atoms with Crippen molar-refractivity contribution in [1.82, 2.24) is 24.6 Å². The number of amides is 1. The summed E-state index contributed by atoms with van der Waals surface area (Å²) in [5.41, 5.74) is 8.25. The first-order valence-electron chi connectivity index (χ1n) is 13.0. The van der Waals surface area contributed by atoms with Crippen molar-refractivity contribution in [2.75, 3.05) is 18.8 Å². The number of hydrogen-bond acceptors (Lipinski definition) is 6. The summed E-state index contributed by atoms with van der Waals surface area (Å²) in [5, 5.41) is 5.45. The fraction of sp³-hybridized carbons (Fsp3) is 0.300. The van der Waals surface area contributed by atoms with E-state index in [4.69, 9.17) is 22.1 Å². The number of hydrogen-bond donors (Lipinski definition) is 1. The van der Waals surface area contributed by atoms with E-state index in [0.29, 0.717) is 47.0 Å². The van der Waals surface area contributed by atoms with Crippen LogP contribution in [0.3, 0.4) is 0 Å². The molecule has 0 radical (unpaired) electrons. The molecular weight excluding hydrogens is 528 g/mol. The van der Waals surface area contributed by atoms with E-state index in [1.54, 1.807) is 39.9 Å². The lowest BCUT2D eigenvalue weighted by Gasteiger charge is -2.33. The van der Waals surface area contributed by atoms with Crippen LogP contribution in [0.5, 0.6) is 11.5 Å². The molecule has 1 aliphatic heterocycles. The minimum Gasteiger partial charge on any atom is -0.454 e. The fourth-order valence-electron chi connectivity index (χ4n) is 4.96. The van der Waals surface area contributed by atoms with Crippen molar-refractivity contribution in [2.45, 2.75) is 39.2 Å². The third-order valence-corrected chi connectivity index (χ3v) is 7.15. The number of aromatic nitrogens is 4. The van der Waals surface area contributed by atoms with E-state index in [2.05, 4.69) is 14.8 Å². The van der Waals surface area contributed by atoms with Gasteiger partial charge in [-0.15, -0.1) is 0 Å². The monoisotopic (exact) mass is 557 g/mol. The number of nitrogens with zero attached hydrogens (tertiary/aromatic N) is 6. The number of halogens is 2. The zero-order valence-corrected chi connectivity index (χ0v) is 21.4. The van der Waals surface area contributed by atoms with Gasteiger partial charge in [-0.3, -0.25) is 4.79 Å². The van der Waals surface area contributed by atoms with Crippen LogP contribution in [-0.2, 0) is 4.79 Å². The number of carbonyl (C=O) groups is 1. The number of nitrogen functional groups attached to an aromatic ring is 1. The molecule has 2 aromatic heterocycles. The van der Waals surface area contributed by atoms with Crippen molar-refractivity contribution in [2.24, 2.45) is 5.92 Å². The molecule has 1 saturated heterocycles. The number of benzene rings is 2. The lowest BCUT2D eigenvalue weighted by molar-refractivity contribution is -0.128. The van der Waals surface area contributed by atoms with E-state index >= 15 is 0 Å². The highest BCUT2D eigenvalue weighted by Gasteiger charge is 2.31. The highest BCUT2D eigenvalue weighted by Crippen LogP contribution is 2.36. The molecular formula is C30H29F2N7O2. The van der Waals surface area contributed by atoms with Gasteiger partial charge in [-0.2, -0.15) is 5.10 Å². The van der Waals surface area contributed by atoms with Crippen LogP contribution in [0.4, 0.5) is 14.6 Å². The Hall–Kier alpha value is -4.85. The fourth-order valence-corrected chi connectivity index (χ4v) is 4.96. The molecule has 0 bridgehead atoms. The van der Waals surface area contributed by atoms with Gasteiger partial charge in [0, 0.05) is 24.7 Å². The zero-order valence-electron chi connectivity index (χ0n) is 21.4. The van der Waals surface area contributed by atoms with Crippen LogP contribution < -0.4 is 10.5 Å². The smallest absolute Gasteiger partial charge is 0.252 e. The average molecular weight is 558 g/mol. The molecule has 2 fully saturated rings. The van der Waals surface area contributed by atoms with Crippen molar-refractivity contribution in [3.8, 4) is 22.8 Å². The molecule has 210 valence electrons. The van der Waals surface area contributed by atoms with Crippen LogP contribution in [0.1, 0.15) is 39.2 Å². The summed E-state index contributed by atoms with van der Waals surface area (Å²) in [7, 11) is 0. The quantitative estimate of drug-likeness (QED) is 0.225. The molecule has 11 heteroatoms. The number of carbonyl (C=O) groups excluding carboxylic acids is 1. The Kier molecular flexibility index (Phi) is 7.66. The van der Waals surface area contributed by atoms with Gasteiger partial charge >= 0.3 is 0 Å². The van der Waals surface area contributed by atoms with E-state index in [1.165, 1.54) is 6.33 Å². The van der Waals surface area contributed by atoms with E-state index in [-0.39, 0.29) is 36.6 Å². The Morgan fingerprint density at radius 1 is 1.12 bits per heavy atom. The number of rotatable bonds is 6. The van der Waals surface area contributed by atoms with Gasteiger partial charge in [-0.25, -0.2) is 28.3 Å². The molecule has 2 aliphatic rings. The van der Waals surface area contributed by atoms with Crippen molar-refractivity contribution >= 4 is 22.8 Å². The number of fused-ring (bicyclic) bond motifs is 1. The van der Waals surface area contributed by atoms with Gasteiger partial charge in [0.2, 0.25) is 5.70 Å². The molecule has 1 saturated carbocycles. The predicted octanol–water partition coefficient (Wildman–Crippen LogP) is 6.16. The second-order valence-electron chi connectivity index (χ2n) is 10.0. The predicted molar refractivity (Wildman–Crippen MR) is 151 cm³/mol. The highest BCUT2D eigenvalue weighted by molar-refractivity contribution is 5.98. The van der Waals surface area contributed by atoms with Crippen LogP contribution in [0.2, 0.25) is 0 Å². The number of ether oxygens (including phenoxy) is 1. The molecule has 9 nitrogen and oxygen atoms in total. The maximum atomic E-state index is 14.0. The molecule has 1 aliphatic carbocycles. The Balaban J connectivity index is 0.00000337. The summed E-state index contributed by atoms with van der Waals surface area (Å²) < 4.78 is 34.9. The largest absolute Gasteiger partial charge is 0.454 e. The normalized spacial score (nSPS) is 17.1. The SMILES string of the molecule is C.[C-]#[N+]C(=CC1CC1)C(=O)N1CCC[C@@H](n2nc(-c3ccc(Oc4cc(F)ccc4F)cc3)c3c(N)ncnc32)C1. The second-order valence-corrected chi connectivity index (χ2v) is 10.0. The van der Waals surface area contributed by atoms with E-state index in [9.17, 15) is 13.6 Å². The topological polar surface area (TPSA) is 104 Å². The van der Waals surface area contributed by atoms with Gasteiger partial charge in [0.15, 0.2) is 17.2 Å². The third kappa shape index (κ3) is 5.59. The van der Waals surface area contributed by atoms with Crippen LogP contribution in [-0.4, -0.2) is 43.6 Å². The lowest BCUT2D eigenvalue weighted by Crippen LogP contribution is -2.41. The molecule has 0 spiro atoms. The second kappa shape index (κ2) is 11.3. The van der Waals surface area contributed by atoms with E-state index in [0.717, 1.165) is 43.9 Å². The first kappa shape index (κ1) is 27.7. The molecule has 1 amide bonds. The summed E-state index contributed by atoms with van der Waals surface area (Å²) in [6.45, 7) is 8.45. The van der Waals surface area contributed by atoms with Crippen LogP contribution in [0.25, 0.3) is 27.1 Å². The molecule has 1 atom stereocenters. The van der Waals surface area contributed by atoms with Gasteiger partial charge < -0.3 is 15.4 Å². The molecule has 4 aromatic rings. The molecule has 2 N–H and O–H groups in total. The summed E-state index contributed by atoms with van der Waals surface area (Å²) in [5.74, 6) is -0.833. The Bertz CT molecular complexity index is 1670. The number of anilines is 1. The van der Waals surface area contributed by atoms with Gasteiger partial charge in [0.05, 0.1) is 18.0 Å². The first-order valence-corrected chi connectivity index (χ1v) is 13.0. The molecule has 0 unspecified atom stereocenters. The van der Waals surface area contributed by atoms with E-state index in [1.807, 2.05) is 0 Å². The lowest BCUT2D eigenvalue weighted by atomic mass is 10.1. The first-order chi connectivity index (χ1) is 19.4. The van der Waals surface area contributed by atoms with Crippen molar-refractivity contribution in [3.05, 3.63) is 83.6 Å². The Morgan fingerprint density at radius 3 is 2.63 bits per heavy atom. The highest BCUT2D eigenvalue weighted by atomic mass is 19.1. The van der Waals surface area contributed by atoms with Gasteiger partial charge in [-0.1, -0.05) is 13.5 Å². The number of likely N-dealkylation sites (tertiary alicyclic amines) is 1. The van der Waals surface area contributed by atoms with Gasteiger partial charge in [0.1, 0.15) is 29.4 Å². The van der Waals surface area contributed by atoms with Gasteiger partial charge in [-0.05, 0) is 68.0 Å². The summed E-state index contributed by atoms with van der Waals surface area (Å²) in [6.07, 6.45) is 6.75. The van der Waals surface area contributed by atoms with Crippen molar-refractivity contribution in [1.29, 1.82) is 0 Å². The number of nitrogens with two attached hydrogens (primary N) is 1. The maximum Gasteiger partial charge on any atom is 0.252 e. The molecule has 6 rings (SSSR count). The average Bonchev–Trinajstić information content (AvgIpc) is 3.71. The minimum atomic E-state index is -0.674. The van der Waals surface area contributed by atoms with Crippen molar-refractivity contribution < 1.29 is 18.3 Å². The Labute approximate surface area is 236 Å². The van der Waals surface area contributed by atoms with Crippen LogP contribution >= 0.6 is 0 Å². The standard InChI is InChI=1S/C29H25F2N7O2.CH4/c1-33-23(13-17-4-5-17)29(39)37-12-2-3-20(15-37)38-28-25(27(32)34-16-35-28)26(36-38)18-6-9-21(10-7-18)40-24-14-19(30)8-11-22(24)31;/h6-11,13-14,16-17,20H,2-5,12,15H2,(H2,32,34,35);1H4/t20-;/m1./s1. The third-order valence-electron chi connectivity index (χ3n) is 7.15. The van der Waals surface area contributed by atoms with Gasteiger partial charge in [0.25, 0.3) is 5.91 Å². The summed E-state index contributed by atoms with van der Waals surface area (Å²) >= 11 is 0. The summed E-state index contributed by atoms with van der Waals surface area (Å²) in [4.78, 5) is 27.0. The number of piperidine rings is 1. The van der Waals surface area contributed by atoms with Crippen LogP contribution in [0.15, 0.2) is 60.6 Å². The zero-order chi connectivity index (χ0) is 27.8. The minimum absolute atomic E-state index is 0. The molecule has 41 heavy (non-hydrogen) atoms.